The molecule has 1 atom stereocenters. The van der Waals surface area contributed by atoms with Crippen LogP contribution in [0.1, 0.15) is 24.9 Å². The fourth-order valence-electron chi connectivity index (χ4n) is 2.54. The van der Waals surface area contributed by atoms with Crippen LogP contribution in [0.2, 0.25) is 10.0 Å². The number of hydrogen-bond donors (Lipinski definition) is 1. The van der Waals surface area contributed by atoms with Gasteiger partial charge in [0, 0.05) is 17.4 Å². The van der Waals surface area contributed by atoms with Crippen molar-refractivity contribution in [2.75, 3.05) is 5.32 Å². The third-order valence-electron chi connectivity index (χ3n) is 3.83. The first kappa shape index (κ1) is 18.9. The van der Waals surface area contributed by atoms with Crippen LogP contribution in [0.5, 0.6) is 0 Å². The van der Waals surface area contributed by atoms with Gasteiger partial charge in [-0.2, -0.15) is 10.2 Å². The maximum atomic E-state index is 12.6. The molecule has 136 valence electrons. The Hall–Kier alpha value is -1.83. The smallest absolute Gasteiger partial charge is 0.250 e. The molecule has 0 fully saturated rings. The van der Waals surface area contributed by atoms with E-state index in [1.165, 1.54) is 6.20 Å². The summed E-state index contributed by atoms with van der Waals surface area (Å²) in [4.78, 5) is 12.6. The Morgan fingerprint density at radius 1 is 1.31 bits per heavy atom. The third-order valence-corrected chi connectivity index (χ3v) is 4.97. The van der Waals surface area contributed by atoms with Crippen LogP contribution in [-0.2, 0) is 11.3 Å². The minimum Gasteiger partial charge on any atom is -0.306 e. The Morgan fingerprint density at radius 2 is 2.08 bits per heavy atom. The number of nitrogens with zero attached hydrogens (tertiary/aromatic N) is 4. The number of halogens is 3. The van der Waals surface area contributed by atoms with E-state index in [2.05, 4.69) is 31.4 Å². The number of hydrogen-bond acceptors (Lipinski definition) is 3. The van der Waals surface area contributed by atoms with Crippen molar-refractivity contribution in [2.45, 2.75) is 25.9 Å². The quantitative estimate of drug-likeness (QED) is 0.580. The standard InChI is InChI=1S/C17H16BrCl2N5O/c1-2-15(25-9-12(19)7-21-25)17(26)22-16-13(18)10-24(23-16)8-11-5-3-4-6-14(11)20/h3-7,9-10,15H,2,8H2,1H3,(H,22,23,26). The molecule has 9 heteroatoms. The highest BCUT2D eigenvalue weighted by Gasteiger charge is 2.21. The van der Waals surface area contributed by atoms with E-state index >= 15 is 0 Å². The number of carbonyl (C=O) groups excluding carboxylic acids is 1. The van der Waals surface area contributed by atoms with Crippen LogP contribution < -0.4 is 5.32 Å². The highest BCUT2D eigenvalue weighted by atomic mass is 79.9. The Kier molecular flexibility index (Phi) is 6.01. The SMILES string of the molecule is CCC(C(=O)Nc1nn(Cc2ccccc2Cl)cc1Br)n1cc(Cl)cn1. The number of carbonyl (C=O) groups is 1. The third kappa shape index (κ3) is 4.28. The zero-order chi connectivity index (χ0) is 18.7. The second-order valence-corrected chi connectivity index (χ2v) is 7.36. The Bertz CT molecular complexity index is 924. The molecule has 0 bridgehead atoms. The Labute approximate surface area is 169 Å². The van der Waals surface area contributed by atoms with Crippen LogP contribution in [0.3, 0.4) is 0 Å². The van der Waals surface area contributed by atoms with Crippen molar-refractivity contribution in [2.24, 2.45) is 0 Å². The molecular formula is C17H16BrCl2N5O. The van der Waals surface area contributed by atoms with E-state index in [-0.39, 0.29) is 5.91 Å². The maximum absolute atomic E-state index is 12.6. The number of nitrogens with one attached hydrogen (secondary N) is 1. The largest absolute Gasteiger partial charge is 0.306 e. The van der Waals surface area contributed by atoms with Gasteiger partial charge in [-0.3, -0.25) is 14.2 Å². The Morgan fingerprint density at radius 3 is 2.73 bits per heavy atom. The molecule has 1 aromatic carbocycles. The van der Waals surface area contributed by atoms with Gasteiger partial charge in [-0.25, -0.2) is 0 Å². The van der Waals surface area contributed by atoms with E-state index in [1.807, 2.05) is 31.2 Å². The molecule has 3 rings (SSSR count). The van der Waals surface area contributed by atoms with Crippen molar-refractivity contribution >= 4 is 50.9 Å². The van der Waals surface area contributed by atoms with Crippen molar-refractivity contribution in [3.05, 3.63) is 62.9 Å². The van der Waals surface area contributed by atoms with Gasteiger partial charge in [-0.15, -0.1) is 0 Å². The van der Waals surface area contributed by atoms with Gasteiger partial charge in [0.2, 0.25) is 5.91 Å². The van der Waals surface area contributed by atoms with Crippen molar-refractivity contribution in [1.82, 2.24) is 19.6 Å². The minimum absolute atomic E-state index is 0.212. The molecular weight excluding hydrogens is 441 g/mol. The first-order valence-corrected chi connectivity index (χ1v) is 9.49. The first-order chi connectivity index (χ1) is 12.5. The molecule has 0 aliphatic rings. The van der Waals surface area contributed by atoms with Crippen LogP contribution in [0.4, 0.5) is 5.82 Å². The number of amides is 1. The minimum atomic E-state index is -0.469. The van der Waals surface area contributed by atoms with Gasteiger partial charge in [0.1, 0.15) is 6.04 Å². The molecule has 6 nitrogen and oxygen atoms in total. The fraction of sp³-hybridized carbons (Fsp3) is 0.235. The molecule has 0 radical (unpaired) electrons. The van der Waals surface area contributed by atoms with E-state index in [1.54, 1.807) is 21.8 Å². The number of benzene rings is 1. The van der Waals surface area contributed by atoms with Crippen LogP contribution in [-0.4, -0.2) is 25.5 Å². The topological polar surface area (TPSA) is 64.7 Å². The van der Waals surface area contributed by atoms with E-state index in [0.717, 1.165) is 5.56 Å². The van der Waals surface area contributed by atoms with Crippen molar-refractivity contribution in [3.63, 3.8) is 0 Å². The van der Waals surface area contributed by atoms with Crippen molar-refractivity contribution in [1.29, 1.82) is 0 Å². The van der Waals surface area contributed by atoms with E-state index in [0.29, 0.717) is 33.3 Å². The summed E-state index contributed by atoms with van der Waals surface area (Å²) in [7, 11) is 0. The fourth-order valence-corrected chi connectivity index (χ4v) is 3.30. The van der Waals surface area contributed by atoms with Crippen LogP contribution in [0.25, 0.3) is 0 Å². The summed E-state index contributed by atoms with van der Waals surface area (Å²) in [5.41, 5.74) is 0.944. The zero-order valence-electron chi connectivity index (χ0n) is 13.9. The van der Waals surface area contributed by atoms with E-state index < -0.39 is 6.04 Å². The predicted molar refractivity (Wildman–Crippen MR) is 106 cm³/mol. The molecule has 3 aromatic rings. The van der Waals surface area contributed by atoms with Gasteiger partial charge in [0.05, 0.1) is 22.2 Å². The zero-order valence-corrected chi connectivity index (χ0v) is 17.0. The van der Waals surface area contributed by atoms with Gasteiger partial charge in [-0.05, 0) is 34.0 Å². The van der Waals surface area contributed by atoms with Crippen molar-refractivity contribution in [3.8, 4) is 0 Å². The van der Waals surface area contributed by atoms with Crippen LogP contribution in [0, 0.1) is 0 Å². The first-order valence-electron chi connectivity index (χ1n) is 7.94. The lowest BCUT2D eigenvalue weighted by atomic mass is 10.2. The Balaban J connectivity index is 1.74. The lowest BCUT2D eigenvalue weighted by Crippen LogP contribution is -2.26. The lowest BCUT2D eigenvalue weighted by molar-refractivity contribution is -0.119. The monoisotopic (exact) mass is 455 g/mol. The molecule has 26 heavy (non-hydrogen) atoms. The summed E-state index contributed by atoms with van der Waals surface area (Å²) in [6.45, 7) is 2.41. The number of anilines is 1. The summed E-state index contributed by atoms with van der Waals surface area (Å²) in [6, 6.07) is 7.10. The number of aromatic nitrogens is 4. The van der Waals surface area contributed by atoms with Gasteiger partial charge >= 0.3 is 0 Å². The predicted octanol–water partition coefficient (Wildman–Crippen LogP) is 4.79. The average molecular weight is 457 g/mol. The van der Waals surface area contributed by atoms with Gasteiger partial charge in [0.25, 0.3) is 0 Å². The molecule has 1 amide bonds. The van der Waals surface area contributed by atoms with Gasteiger partial charge < -0.3 is 5.32 Å². The second-order valence-electron chi connectivity index (χ2n) is 5.67. The maximum Gasteiger partial charge on any atom is 0.250 e. The summed E-state index contributed by atoms with van der Waals surface area (Å²) >= 11 is 15.5. The molecule has 0 saturated heterocycles. The summed E-state index contributed by atoms with van der Waals surface area (Å²) in [5, 5.41) is 12.5. The molecule has 0 saturated carbocycles. The van der Waals surface area contributed by atoms with Crippen LogP contribution in [0.15, 0.2) is 47.3 Å². The van der Waals surface area contributed by atoms with Crippen LogP contribution >= 0.6 is 39.1 Å². The molecule has 0 aliphatic carbocycles. The summed E-state index contributed by atoms with van der Waals surface area (Å²) < 4.78 is 3.95. The second kappa shape index (κ2) is 8.24. The molecule has 2 aromatic heterocycles. The average Bonchev–Trinajstić information content (AvgIpc) is 3.17. The van der Waals surface area contributed by atoms with Gasteiger partial charge in [-0.1, -0.05) is 48.3 Å². The number of rotatable bonds is 6. The van der Waals surface area contributed by atoms with Crippen molar-refractivity contribution < 1.29 is 4.79 Å². The summed E-state index contributed by atoms with van der Waals surface area (Å²) in [5.74, 6) is 0.231. The normalized spacial score (nSPS) is 12.2. The van der Waals surface area contributed by atoms with E-state index in [9.17, 15) is 4.79 Å². The van der Waals surface area contributed by atoms with Gasteiger partial charge in [0.15, 0.2) is 5.82 Å². The molecule has 0 spiro atoms. The summed E-state index contributed by atoms with van der Waals surface area (Å²) in [6.07, 6.45) is 5.50. The highest BCUT2D eigenvalue weighted by molar-refractivity contribution is 9.10. The lowest BCUT2D eigenvalue weighted by Gasteiger charge is -2.14. The molecule has 1 N–H and O–H groups in total. The van der Waals surface area contributed by atoms with E-state index in [4.69, 9.17) is 23.2 Å². The molecule has 2 heterocycles. The molecule has 1 unspecified atom stereocenters. The molecule has 0 aliphatic heterocycles. The highest BCUT2D eigenvalue weighted by Crippen LogP contribution is 2.24.